The number of rotatable bonds is 3. The van der Waals surface area contributed by atoms with Gasteiger partial charge in [-0.15, -0.1) is 0 Å². The lowest BCUT2D eigenvalue weighted by Crippen LogP contribution is -2.39. The van der Waals surface area contributed by atoms with Crippen molar-refractivity contribution in [2.24, 2.45) is 0 Å². The quantitative estimate of drug-likeness (QED) is 0.730. The first-order valence-electron chi connectivity index (χ1n) is 4.54. The van der Waals surface area contributed by atoms with Crippen molar-refractivity contribution >= 4 is 45.8 Å². The molecule has 2 rings (SSSR count). The molecule has 0 aliphatic carbocycles. The van der Waals surface area contributed by atoms with E-state index in [0.717, 1.165) is 33.3 Å². The van der Waals surface area contributed by atoms with Gasteiger partial charge in [0.15, 0.2) is 0 Å². The van der Waals surface area contributed by atoms with E-state index in [1.165, 1.54) is 0 Å². The number of hydrogen-bond donors (Lipinski definition) is 0. The van der Waals surface area contributed by atoms with Gasteiger partial charge in [-0.05, 0) is 0 Å². The van der Waals surface area contributed by atoms with Crippen LogP contribution in [0.3, 0.4) is 0 Å². The SMILES string of the molecule is O=C1CSC(=O)N1CCN1C(=O)CSC1=O. The average molecular weight is 260 g/mol. The highest BCUT2D eigenvalue weighted by Crippen LogP contribution is 2.21. The molecule has 0 aromatic heterocycles. The Balaban J connectivity index is 1.92. The lowest BCUT2D eigenvalue weighted by molar-refractivity contribution is -0.127. The Morgan fingerprint density at radius 1 is 0.812 bits per heavy atom. The number of thioether (sulfide) groups is 2. The number of hydrogen-bond acceptors (Lipinski definition) is 6. The van der Waals surface area contributed by atoms with Crippen LogP contribution in [-0.2, 0) is 9.59 Å². The highest BCUT2D eigenvalue weighted by molar-refractivity contribution is 8.15. The largest absolute Gasteiger partial charge is 0.288 e. The van der Waals surface area contributed by atoms with Gasteiger partial charge in [-0.25, -0.2) is 0 Å². The third kappa shape index (κ3) is 2.07. The van der Waals surface area contributed by atoms with Crippen LogP contribution in [0.2, 0.25) is 0 Å². The van der Waals surface area contributed by atoms with Crippen molar-refractivity contribution in [2.45, 2.75) is 0 Å². The predicted octanol–water partition coefficient (Wildman–Crippen LogP) is 0.377. The van der Waals surface area contributed by atoms with E-state index in [1.807, 2.05) is 0 Å². The lowest BCUT2D eigenvalue weighted by Gasteiger charge is -2.17. The van der Waals surface area contributed by atoms with Crippen LogP contribution in [-0.4, -0.2) is 56.7 Å². The van der Waals surface area contributed by atoms with E-state index in [4.69, 9.17) is 0 Å². The zero-order valence-electron chi connectivity index (χ0n) is 8.17. The minimum absolute atomic E-state index is 0.0999. The lowest BCUT2D eigenvalue weighted by atomic mass is 10.4. The van der Waals surface area contributed by atoms with Crippen LogP contribution in [0.1, 0.15) is 0 Å². The number of carbonyl (C=O) groups is 4. The first kappa shape index (κ1) is 11.5. The maximum absolute atomic E-state index is 11.2. The van der Waals surface area contributed by atoms with E-state index in [-0.39, 0.29) is 46.9 Å². The topological polar surface area (TPSA) is 74.8 Å². The standard InChI is InChI=1S/C8H8N2O4S2/c11-5-3-15-7(13)9(5)1-2-10-6(12)4-16-8(10)14/h1-4H2. The summed E-state index contributed by atoms with van der Waals surface area (Å²) in [5, 5.41) is -0.617. The predicted molar refractivity (Wildman–Crippen MR) is 59.1 cm³/mol. The van der Waals surface area contributed by atoms with Crippen LogP contribution >= 0.6 is 23.5 Å². The van der Waals surface area contributed by atoms with E-state index < -0.39 is 0 Å². The van der Waals surface area contributed by atoms with Crippen molar-refractivity contribution in [1.82, 2.24) is 9.80 Å². The van der Waals surface area contributed by atoms with Crippen LogP contribution in [0.15, 0.2) is 0 Å². The Labute approximate surface area is 99.7 Å². The molecule has 0 atom stereocenters. The molecule has 0 saturated carbocycles. The van der Waals surface area contributed by atoms with Gasteiger partial charge in [-0.3, -0.25) is 29.0 Å². The molecule has 2 aliphatic rings. The summed E-state index contributed by atoms with van der Waals surface area (Å²) in [5.74, 6) is -0.228. The van der Waals surface area contributed by atoms with E-state index in [2.05, 4.69) is 0 Å². The molecular weight excluding hydrogens is 252 g/mol. The van der Waals surface area contributed by atoms with Crippen LogP contribution in [0.5, 0.6) is 0 Å². The summed E-state index contributed by atoms with van der Waals surface area (Å²) < 4.78 is 0. The Kier molecular flexibility index (Phi) is 3.20. The Morgan fingerprint density at radius 2 is 1.19 bits per heavy atom. The highest BCUT2D eigenvalue weighted by Gasteiger charge is 2.34. The highest BCUT2D eigenvalue weighted by atomic mass is 32.2. The van der Waals surface area contributed by atoms with Gasteiger partial charge in [-0.2, -0.15) is 0 Å². The van der Waals surface area contributed by atoms with E-state index in [9.17, 15) is 19.2 Å². The molecule has 0 aromatic rings. The van der Waals surface area contributed by atoms with Gasteiger partial charge in [0.2, 0.25) is 11.8 Å². The zero-order valence-corrected chi connectivity index (χ0v) is 9.81. The van der Waals surface area contributed by atoms with Crippen molar-refractivity contribution in [3.8, 4) is 0 Å². The molecule has 0 spiro atoms. The van der Waals surface area contributed by atoms with Crippen molar-refractivity contribution < 1.29 is 19.2 Å². The second-order valence-electron chi connectivity index (χ2n) is 3.20. The molecule has 4 amide bonds. The van der Waals surface area contributed by atoms with Gasteiger partial charge in [0, 0.05) is 13.1 Å². The molecule has 0 bridgehead atoms. The van der Waals surface area contributed by atoms with Gasteiger partial charge in [0.05, 0.1) is 11.5 Å². The third-order valence-corrected chi connectivity index (χ3v) is 3.95. The van der Waals surface area contributed by atoms with Gasteiger partial charge < -0.3 is 0 Å². The molecule has 0 N–H and O–H groups in total. The third-order valence-electron chi connectivity index (χ3n) is 2.23. The fourth-order valence-electron chi connectivity index (χ4n) is 1.39. The smallest absolute Gasteiger partial charge is 0.273 e. The molecule has 2 fully saturated rings. The van der Waals surface area contributed by atoms with Gasteiger partial charge in [0.25, 0.3) is 10.5 Å². The second kappa shape index (κ2) is 4.46. The summed E-state index contributed by atoms with van der Waals surface area (Å²) in [7, 11) is 0. The zero-order chi connectivity index (χ0) is 11.7. The molecule has 8 heteroatoms. The van der Waals surface area contributed by atoms with Crippen LogP contribution in [0.4, 0.5) is 9.59 Å². The Morgan fingerprint density at radius 3 is 1.44 bits per heavy atom. The number of amides is 4. The summed E-state index contributed by atoms with van der Waals surface area (Å²) in [6, 6.07) is 0. The fraction of sp³-hybridized carbons (Fsp3) is 0.500. The van der Waals surface area contributed by atoms with Crippen molar-refractivity contribution in [1.29, 1.82) is 0 Å². The molecule has 86 valence electrons. The Hall–Kier alpha value is -1.02. The summed E-state index contributed by atoms with van der Waals surface area (Å²) in [6.45, 7) is 0.200. The fourth-order valence-corrected chi connectivity index (χ4v) is 2.90. The molecule has 0 aromatic carbocycles. The Bertz CT molecular complexity index is 316. The number of carbonyl (C=O) groups excluding carboxylic acids is 4. The summed E-state index contributed by atoms with van der Waals surface area (Å²) in [4.78, 5) is 47.1. The van der Waals surface area contributed by atoms with Gasteiger partial charge in [-0.1, -0.05) is 23.5 Å². The van der Waals surface area contributed by atoms with Crippen LogP contribution < -0.4 is 0 Å². The van der Waals surface area contributed by atoms with Crippen molar-refractivity contribution in [3.63, 3.8) is 0 Å². The van der Waals surface area contributed by atoms with Crippen LogP contribution in [0, 0.1) is 0 Å². The monoisotopic (exact) mass is 260 g/mol. The molecule has 2 aliphatic heterocycles. The van der Waals surface area contributed by atoms with E-state index in [1.54, 1.807) is 0 Å². The average Bonchev–Trinajstić information content (AvgIpc) is 2.72. The molecule has 16 heavy (non-hydrogen) atoms. The molecule has 2 saturated heterocycles. The van der Waals surface area contributed by atoms with E-state index in [0.29, 0.717) is 0 Å². The summed E-state index contributed by atoms with van der Waals surface area (Å²) in [6.07, 6.45) is 0. The second-order valence-corrected chi connectivity index (χ2v) is 5.05. The normalized spacial score (nSPS) is 21.5. The number of nitrogens with zero attached hydrogens (tertiary/aromatic N) is 2. The molecule has 6 nitrogen and oxygen atoms in total. The minimum Gasteiger partial charge on any atom is -0.273 e. The summed E-state index contributed by atoms with van der Waals surface area (Å²) in [5.41, 5.74) is 0. The maximum atomic E-state index is 11.2. The van der Waals surface area contributed by atoms with Gasteiger partial charge >= 0.3 is 0 Å². The number of imide groups is 2. The molecule has 0 radical (unpaired) electrons. The molecule has 0 unspecified atom stereocenters. The van der Waals surface area contributed by atoms with Crippen LogP contribution in [0.25, 0.3) is 0 Å². The van der Waals surface area contributed by atoms with Crippen molar-refractivity contribution in [3.05, 3.63) is 0 Å². The molecule has 2 heterocycles. The minimum atomic E-state index is -0.309. The summed E-state index contributed by atoms with van der Waals surface area (Å²) >= 11 is 1.88. The van der Waals surface area contributed by atoms with E-state index >= 15 is 0 Å². The van der Waals surface area contributed by atoms with Crippen molar-refractivity contribution in [2.75, 3.05) is 24.6 Å². The van der Waals surface area contributed by atoms with Gasteiger partial charge in [0.1, 0.15) is 0 Å². The first-order valence-corrected chi connectivity index (χ1v) is 6.51. The first-order chi connectivity index (χ1) is 7.59. The molecular formula is C8H8N2O4S2. The maximum Gasteiger partial charge on any atom is 0.288 e.